The summed E-state index contributed by atoms with van der Waals surface area (Å²) in [6.07, 6.45) is 2.97. The summed E-state index contributed by atoms with van der Waals surface area (Å²) in [4.78, 5) is 2.38. The molecule has 0 N–H and O–H groups in total. The Morgan fingerprint density at radius 3 is 2.07 bits per heavy atom. The van der Waals surface area contributed by atoms with Crippen LogP contribution in [0.15, 0.2) is 12.7 Å². The molecule has 1 heteroatoms. The minimum Gasteiger partial charge on any atom is -0.306 e. The van der Waals surface area contributed by atoms with Gasteiger partial charge in [0, 0.05) is 6.54 Å². The van der Waals surface area contributed by atoms with Crippen molar-refractivity contribution in [2.24, 2.45) is 5.92 Å². The van der Waals surface area contributed by atoms with Crippen LogP contribution in [0.3, 0.4) is 0 Å². The van der Waals surface area contributed by atoms with Crippen molar-refractivity contribution >= 4 is 0 Å². The molecule has 1 nitrogen and oxygen atoms in total. The predicted octanol–water partition coefficient (Wildman–Crippen LogP) is 3.18. The number of rotatable bonds is 0. The van der Waals surface area contributed by atoms with Gasteiger partial charge in [-0.25, -0.2) is 0 Å². The smallest absolute Gasteiger partial charge is 0.000445 e. The van der Waals surface area contributed by atoms with E-state index in [9.17, 15) is 0 Å². The van der Waals surface area contributed by atoms with Gasteiger partial charge in [-0.1, -0.05) is 33.3 Å². The molecule has 1 aliphatic heterocycles. The van der Waals surface area contributed by atoms with Crippen LogP contribution >= 0.6 is 0 Å². The van der Waals surface area contributed by atoms with Gasteiger partial charge in [-0.2, -0.15) is 0 Å². The number of allylic oxidation sites excluding steroid dienone is 1. The van der Waals surface area contributed by atoms with Gasteiger partial charge in [0.2, 0.25) is 0 Å². The Bertz CT molecular complexity index is 165. The second-order valence-corrected chi connectivity index (χ2v) is 3.25. The summed E-state index contributed by atoms with van der Waals surface area (Å²) in [6.45, 7) is 14.1. The summed E-state index contributed by atoms with van der Waals surface area (Å²) < 4.78 is 0. The number of hydrogen-bond donors (Lipinski definition) is 0. The molecule has 1 rings (SSSR count). The topological polar surface area (TPSA) is 3.24 Å². The first kappa shape index (κ1) is 15.7. The zero-order valence-electron chi connectivity index (χ0n) is 10.4. The quantitative estimate of drug-likeness (QED) is 0.537. The van der Waals surface area contributed by atoms with Crippen LogP contribution in [-0.2, 0) is 0 Å². The first-order chi connectivity index (χ1) is 6.70. The summed E-state index contributed by atoms with van der Waals surface area (Å²) in [5, 5.41) is 0. The maximum atomic E-state index is 3.38. The standard InChI is InChI=1S/C6H13N.C5H6.C2H6/c1-6-3-4-7(2)5-6;1-3-5-4-2;1-2/h6H,3-5H2,1-2H3;3H,1H2,2H3;1-2H3. The molecule has 0 aromatic heterocycles. The average Bonchev–Trinajstić information content (AvgIpc) is 2.56. The lowest BCUT2D eigenvalue weighted by molar-refractivity contribution is 0.402. The van der Waals surface area contributed by atoms with Gasteiger partial charge in [-0.3, -0.25) is 0 Å². The summed E-state index contributed by atoms with van der Waals surface area (Å²) >= 11 is 0. The summed E-state index contributed by atoms with van der Waals surface area (Å²) in [6, 6.07) is 0. The van der Waals surface area contributed by atoms with Crippen LogP contribution in [-0.4, -0.2) is 25.0 Å². The van der Waals surface area contributed by atoms with E-state index in [2.05, 4.69) is 37.3 Å². The van der Waals surface area contributed by atoms with E-state index in [-0.39, 0.29) is 0 Å². The Kier molecular flexibility index (Phi) is 13.8. The molecule has 0 aromatic carbocycles. The third-order valence-electron chi connectivity index (χ3n) is 1.87. The van der Waals surface area contributed by atoms with Crippen molar-refractivity contribution in [3.63, 3.8) is 0 Å². The molecule has 1 aliphatic rings. The first-order valence-electron chi connectivity index (χ1n) is 5.42. The van der Waals surface area contributed by atoms with Gasteiger partial charge >= 0.3 is 0 Å². The lowest BCUT2D eigenvalue weighted by atomic mass is 10.2. The largest absolute Gasteiger partial charge is 0.306 e. The van der Waals surface area contributed by atoms with E-state index in [1.165, 1.54) is 19.5 Å². The molecule has 14 heavy (non-hydrogen) atoms. The SMILES string of the molecule is C=CC#CC.CC.CC1CCN(C)C1. The maximum Gasteiger partial charge on any atom is 0.000445 e. The fraction of sp³-hybridized carbons (Fsp3) is 0.692. The fourth-order valence-electron chi connectivity index (χ4n) is 1.26. The molecule has 0 bridgehead atoms. The number of hydrogen-bond acceptors (Lipinski definition) is 1. The van der Waals surface area contributed by atoms with Crippen molar-refractivity contribution in [2.75, 3.05) is 20.1 Å². The third-order valence-corrected chi connectivity index (χ3v) is 1.87. The van der Waals surface area contributed by atoms with Crippen molar-refractivity contribution in [1.82, 2.24) is 4.90 Å². The van der Waals surface area contributed by atoms with E-state index in [4.69, 9.17) is 0 Å². The highest BCUT2D eigenvalue weighted by Gasteiger charge is 2.13. The van der Waals surface area contributed by atoms with Crippen LogP contribution in [0.25, 0.3) is 0 Å². The molecule has 0 spiro atoms. The molecule has 82 valence electrons. The molecule has 0 saturated carbocycles. The Hall–Kier alpha value is -0.740. The molecule has 1 fully saturated rings. The van der Waals surface area contributed by atoms with Crippen LogP contribution in [0, 0.1) is 17.8 Å². The van der Waals surface area contributed by atoms with E-state index < -0.39 is 0 Å². The van der Waals surface area contributed by atoms with Crippen molar-refractivity contribution < 1.29 is 0 Å². The highest BCUT2D eigenvalue weighted by Crippen LogP contribution is 2.11. The van der Waals surface area contributed by atoms with E-state index in [0.717, 1.165) is 5.92 Å². The lowest BCUT2D eigenvalue weighted by Gasteiger charge is -2.03. The molecular formula is C13H25N. The van der Waals surface area contributed by atoms with E-state index in [1.54, 1.807) is 13.0 Å². The van der Waals surface area contributed by atoms with Gasteiger partial charge in [0.25, 0.3) is 0 Å². The van der Waals surface area contributed by atoms with Gasteiger partial charge in [-0.05, 0) is 38.9 Å². The highest BCUT2D eigenvalue weighted by molar-refractivity contribution is 5.09. The minimum atomic E-state index is 0.949. The van der Waals surface area contributed by atoms with Crippen LogP contribution in [0.1, 0.15) is 34.1 Å². The Labute approximate surface area is 90.2 Å². The van der Waals surface area contributed by atoms with Crippen molar-refractivity contribution in [1.29, 1.82) is 0 Å². The zero-order valence-corrected chi connectivity index (χ0v) is 10.4. The van der Waals surface area contributed by atoms with Gasteiger partial charge in [-0.15, -0.1) is 5.92 Å². The second kappa shape index (κ2) is 12.3. The molecule has 1 saturated heterocycles. The van der Waals surface area contributed by atoms with Gasteiger partial charge in [0.15, 0.2) is 0 Å². The lowest BCUT2D eigenvalue weighted by Crippen LogP contribution is -2.12. The molecule has 1 unspecified atom stereocenters. The van der Waals surface area contributed by atoms with Gasteiger partial charge in [0.1, 0.15) is 0 Å². The highest BCUT2D eigenvalue weighted by atomic mass is 15.1. The van der Waals surface area contributed by atoms with E-state index in [0.29, 0.717) is 0 Å². The van der Waals surface area contributed by atoms with E-state index in [1.807, 2.05) is 13.8 Å². The Morgan fingerprint density at radius 2 is 2.00 bits per heavy atom. The van der Waals surface area contributed by atoms with Gasteiger partial charge < -0.3 is 4.90 Å². The monoisotopic (exact) mass is 195 g/mol. The van der Waals surface area contributed by atoms with Crippen LogP contribution in [0.2, 0.25) is 0 Å². The minimum absolute atomic E-state index is 0.949. The molecule has 1 heterocycles. The fourth-order valence-corrected chi connectivity index (χ4v) is 1.26. The molecular weight excluding hydrogens is 170 g/mol. The van der Waals surface area contributed by atoms with Crippen LogP contribution in [0.4, 0.5) is 0 Å². The predicted molar refractivity (Wildman–Crippen MR) is 66.3 cm³/mol. The molecule has 0 radical (unpaired) electrons. The summed E-state index contributed by atoms with van der Waals surface area (Å²) in [5.41, 5.74) is 0. The Balaban J connectivity index is 0. The maximum absolute atomic E-state index is 3.38. The first-order valence-corrected chi connectivity index (χ1v) is 5.42. The molecule has 0 amide bonds. The molecule has 1 atom stereocenters. The number of nitrogens with zero attached hydrogens (tertiary/aromatic N) is 1. The Morgan fingerprint density at radius 1 is 1.43 bits per heavy atom. The van der Waals surface area contributed by atoms with Crippen molar-refractivity contribution in [3.05, 3.63) is 12.7 Å². The van der Waals surface area contributed by atoms with Crippen molar-refractivity contribution in [2.45, 2.75) is 34.1 Å². The van der Waals surface area contributed by atoms with Crippen molar-refractivity contribution in [3.8, 4) is 11.8 Å². The van der Waals surface area contributed by atoms with Gasteiger partial charge in [0.05, 0.1) is 0 Å². The summed E-state index contributed by atoms with van der Waals surface area (Å²) in [7, 11) is 2.18. The number of likely N-dealkylation sites (tertiary alicyclic amines) is 1. The van der Waals surface area contributed by atoms with E-state index >= 15 is 0 Å². The normalized spacial score (nSPS) is 19.1. The molecule has 0 aromatic rings. The average molecular weight is 195 g/mol. The third kappa shape index (κ3) is 11.3. The zero-order chi connectivity index (χ0) is 11.4. The molecule has 0 aliphatic carbocycles. The van der Waals surface area contributed by atoms with Crippen LogP contribution in [0.5, 0.6) is 0 Å². The summed E-state index contributed by atoms with van der Waals surface area (Å²) in [5.74, 6) is 6.22. The van der Waals surface area contributed by atoms with Crippen LogP contribution < -0.4 is 0 Å². The second-order valence-electron chi connectivity index (χ2n) is 3.25.